The lowest BCUT2D eigenvalue weighted by molar-refractivity contribution is -0.129. The van der Waals surface area contributed by atoms with Gasteiger partial charge in [-0.3, -0.25) is 30.2 Å². The van der Waals surface area contributed by atoms with Crippen LogP contribution in [0.15, 0.2) is 29.6 Å². The monoisotopic (exact) mass is 435 g/mol. The molecule has 0 saturated carbocycles. The largest absolute Gasteiger partial charge is 0.294 e. The van der Waals surface area contributed by atoms with E-state index in [4.69, 9.17) is 11.6 Å². The zero-order valence-electron chi connectivity index (χ0n) is 16.7. The van der Waals surface area contributed by atoms with Gasteiger partial charge < -0.3 is 0 Å². The van der Waals surface area contributed by atoms with Crippen LogP contribution in [0.3, 0.4) is 0 Å². The van der Waals surface area contributed by atoms with Crippen molar-refractivity contribution in [3.05, 3.63) is 50.9 Å². The van der Waals surface area contributed by atoms with E-state index in [9.17, 15) is 9.59 Å². The van der Waals surface area contributed by atoms with Crippen LogP contribution in [0.4, 0.5) is 0 Å². The van der Waals surface area contributed by atoms with Gasteiger partial charge in [-0.2, -0.15) is 0 Å². The predicted octanol–water partition coefficient (Wildman–Crippen LogP) is 2.17. The molecule has 2 N–H and O–H groups in total. The van der Waals surface area contributed by atoms with Crippen molar-refractivity contribution in [1.82, 2.24) is 25.6 Å². The maximum atomic E-state index is 12.1. The molecular formula is C20H26ClN5O2S. The number of nitrogens with one attached hydrogen (secondary N) is 2. The average molecular weight is 436 g/mol. The fourth-order valence-corrected chi connectivity index (χ4v) is 4.43. The Labute approximate surface area is 180 Å². The molecule has 0 bridgehead atoms. The van der Waals surface area contributed by atoms with E-state index in [2.05, 4.69) is 38.6 Å². The number of aromatic nitrogens is 1. The number of benzene rings is 1. The first-order valence-electron chi connectivity index (χ1n) is 9.62. The van der Waals surface area contributed by atoms with E-state index < -0.39 is 0 Å². The van der Waals surface area contributed by atoms with Crippen LogP contribution in [0.5, 0.6) is 0 Å². The lowest BCUT2D eigenvalue weighted by Crippen LogP contribution is -2.52. The lowest BCUT2D eigenvalue weighted by Gasteiger charge is -2.38. The van der Waals surface area contributed by atoms with Gasteiger partial charge in [-0.05, 0) is 25.5 Å². The number of halogens is 1. The topological polar surface area (TPSA) is 77.6 Å². The van der Waals surface area contributed by atoms with E-state index in [1.807, 2.05) is 30.5 Å². The molecule has 0 radical (unpaired) electrons. The van der Waals surface area contributed by atoms with Crippen molar-refractivity contribution in [1.29, 1.82) is 0 Å². The summed E-state index contributed by atoms with van der Waals surface area (Å²) in [6.45, 7) is 7.58. The summed E-state index contributed by atoms with van der Waals surface area (Å²) in [6.07, 6.45) is 0.164. The van der Waals surface area contributed by atoms with Crippen LogP contribution in [-0.2, 0) is 16.0 Å². The normalized spacial score (nSPS) is 16.4. The first-order chi connectivity index (χ1) is 13.9. The number of carbonyl (C=O) groups excluding carboxylic acids is 2. The second kappa shape index (κ2) is 10.2. The first-order valence-corrected chi connectivity index (χ1v) is 10.9. The van der Waals surface area contributed by atoms with Crippen molar-refractivity contribution < 1.29 is 9.59 Å². The number of thiazole rings is 1. The van der Waals surface area contributed by atoms with Crippen LogP contribution in [0.1, 0.15) is 29.2 Å². The molecule has 7 nitrogen and oxygen atoms in total. The smallest absolute Gasteiger partial charge is 0.252 e. The van der Waals surface area contributed by atoms with Crippen molar-refractivity contribution in [2.24, 2.45) is 0 Å². The molecule has 156 valence electrons. The number of amides is 2. The summed E-state index contributed by atoms with van der Waals surface area (Å²) in [5.74, 6) is -0.493. The number of rotatable bonds is 6. The van der Waals surface area contributed by atoms with Crippen LogP contribution >= 0.6 is 22.9 Å². The van der Waals surface area contributed by atoms with E-state index in [1.54, 1.807) is 0 Å². The quantitative estimate of drug-likeness (QED) is 0.680. The van der Waals surface area contributed by atoms with Crippen molar-refractivity contribution in [3.63, 3.8) is 0 Å². The minimum atomic E-state index is -0.272. The Morgan fingerprint density at radius 2 is 1.86 bits per heavy atom. The van der Waals surface area contributed by atoms with E-state index in [-0.39, 0.29) is 30.8 Å². The molecule has 29 heavy (non-hydrogen) atoms. The number of piperazine rings is 1. The van der Waals surface area contributed by atoms with Crippen molar-refractivity contribution in [3.8, 4) is 0 Å². The summed E-state index contributed by atoms with van der Waals surface area (Å²) in [6, 6.07) is 8.14. The van der Waals surface area contributed by atoms with Crippen LogP contribution in [0.25, 0.3) is 0 Å². The third-order valence-electron chi connectivity index (χ3n) is 5.00. The van der Waals surface area contributed by atoms with Crippen LogP contribution in [-0.4, -0.2) is 59.3 Å². The number of hydrazine groups is 1. The molecule has 1 atom stereocenters. The molecule has 1 aliphatic rings. The molecule has 2 aromatic rings. The summed E-state index contributed by atoms with van der Waals surface area (Å²) in [5, 5.41) is 3.41. The third kappa shape index (κ3) is 6.24. The maximum absolute atomic E-state index is 12.1. The standard InChI is InChI=1S/C20H26ClN5O2S/c1-14-13-29-20(22-14)11-18(27)23-24-19(28)12-25-7-9-26(10-8-25)15(2)16-5-3-4-6-17(16)21/h3-6,13,15H,7-12H2,1-2H3,(H,23,27)(H,24,28). The highest BCUT2D eigenvalue weighted by molar-refractivity contribution is 7.09. The van der Waals surface area contributed by atoms with Gasteiger partial charge in [-0.15, -0.1) is 11.3 Å². The highest BCUT2D eigenvalue weighted by Gasteiger charge is 2.24. The van der Waals surface area contributed by atoms with Gasteiger partial charge in [0.1, 0.15) is 5.01 Å². The van der Waals surface area contributed by atoms with Crippen LogP contribution in [0.2, 0.25) is 5.02 Å². The van der Waals surface area contributed by atoms with Crippen molar-refractivity contribution in [2.75, 3.05) is 32.7 Å². The Balaban J connectivity index is 1.38. The average Bonchev–Trinajstić information content (AvgIpc) is 3.11. The predicted molar refractivity (Wildman–Crippen MR) is 115 cm³/mol. The van der Waals surface area contributed by atoms with E-state index in [1.165, 1.54) is 11.3 Å². The zero-order valence-corrected chi connectivity index (χ0v) is 18.2. The minimum absolute atomic E-state index is 0.164. The Morgan fingerprint density at radius 1 is 1.17 bits per heavy atom. The summed E-state index contributed by atoms with van der Waals surface area (Å²) >= 11 is 7.76. The van der Waals surface area contributed by atoms with Gasteiger partial charge in [0.2, 0.25) is 5.91 Å². The summed E-state index contributed by atoms with van der Waals surface area (Å²) in [5.41, 5.74) is 6.97. The number of aryl methyl sites for hydroxylation is 1. The number of hydrogen-bond donors (Lipinski definition) is 2. The molecule has 1 aromatic heterocycles. The fraction of sp³-hybridized carbons (Fsp3) is 0.450. The summed E-state index contributed by atoms with van der Waals surface area (Å²) < 4.78 is 0. The third-order valence-corrected chi connectivity index (χ3v) is 6.31. The highest BCUT2D eigenvalue weighted by atomic mass is 35.5. The second-order valence-electron chi connectivity index (χ2n) is 7.17. The fourth-order valence-electron chi connectivity index (χ4n) is 3.37. The SMILES string of the molecule is Cc1csc(CC(=O)NNC(=O)CN2CCN(C(C)c3ccccc3Cl)CC2)n1. The van der Waals surface area contributed by atoms with Gasteiger partial charge in [0.25, 0.3) is 5.91 Å². The Hall–Kier alpha value is -2.00. The van der Waals surface area contributed by atoms with Crippen LogP contribution in [0, 0.1) is 6.92 Å². The van der Waals surface area contributed by atoms with Gasteiger partial charge in [0, 0.05) is 48.3 Å². The molecule has 1 fully saturated rings. The molecule has 1 aromatic carbocycles. The number of hydrogen-bond acceptors (Lipinski definition) is 6. The Kier molecular flexibility index (Phi) is 7.60. The highest BCUT2D eigenvalue weighted by Crippen LogP contribution is 2.27. The molecule has 2 amide bonds. The number of carbonyl (C=O) groups is 2. The molecule has 1 aliphatic heterocycles. The summed E-state index contributed by atoms with van der Waals surface area (Å²) in [4.78, 5) is 32.7. The molecule has 1 unspecified atom stereocenters. The molecule has 3 rings (SSSR count). The van der Waals surface area contributed by atoms with Gasteiger partial charge >= 0.3 is 0 Å². The van der Waals surface area contributed by atoms with Gasteiger partial charge in [0.05, 0.1) is 13.0 Å². The number of nitrogens with zero attached hydrogens (tertiary/aromatic N) is 3. The molecular weight excluding hydrogens is 410 g/mol. The Bertz CT molecular complexity index is 851. The summed E-state index contributed by atoms with van der Waals surface area (Å²) in [7, 11) is 0. The molecule has 9 heteroatoms. The van der Waals surface area contributed by atoms with E-state index >= 15 is 0 Å². The molecule has 0 aliphatic carbocycles. The second-order valence-corrected chi connectivity index (χ2v) is 8.52. The molecule has 1 saturated heterocycles. The van der Waals surface area contributed by atoms with E-state index in [0.29, 0.717) is 0 Å². The Morgan fingerprint density at radius 3 is 2.52 bits per heavy atom. The zero-order chi connectivity index (χ0) is 20.8. The van der Waals surface area contributed by atoms with Gasteiger partial charge in [-0.1, -0.05) is 29.8 Å². The van der Waals surface area contributed by atoms with Gasteiger partial charge in [0.15, 0.2) is 0 Å². The lowest BCUT2D eigenvalue weighted by atomic mass is 10.1. The molecule has 0 spiro atoms. The van der Waals surface area contributed by atoms with Crippen molar-refractivity contribution >= 4 is 34.8 Å². The maximum Gasteiger partial charge on any atom is 0.252 e. The van der Waals surface area contributed by atoms with Gasteiger partial charge in [-0.25, -0.2) is 4.98 Å². The molecule has 2 heterocycles. The van der Waals surface area contributed by atoms with E-state index in [0.717, 1.165) is 47.5 Å². The van der Waals surface area contributed by atoms with Crippen LogP contribution < -0.4 is 10.9 Å². The minimum Gasteiger partial charge on any atom is -0.294 e. The first kappa shape index (κ1) is 21.7. The van der Waals surface area contributed by atoms with Crippen molar-refractivity contribution in [2.45, 2.75) is 26.3 Å².